The van der Waals surface area contributed by atoms with E-state index in [1.54, 1.807) is 0 Å². The third kappa shape index (κ3) is 3.65. The van der Waals surface area contributed by atoms with Crippen LogP contribution in [0.15, 0.2) is 53.3 Å². The molecule has 88 valence electrons. The molecule has 0 radical (unpaired) electrons. The van der Waals surface area contributed by atoms with Crippen molar-refractivity contribution in [1.82, 2.24) is 10.3 Å². The van der Waals surface area contributed by atoms with Gasteiger partial charge in [-0.2, -0.15) is 0 Å². The largest absolute Gasteiger partial charge is 0.306 e. The lowest BCUT2D eigenvalue weighted by atomic mass is 10.1. The van der Waals surface area contributed by atoms with Crippen LogP contribution in [-0.2, 0) is 6.54 Å². The average Bonchev–Trinajstić information content (AvgIpc) is 2.37. The second-order valence-corrected chi connectivity index (χ2v) is 4.93. The van der Waals surface area contributed by atoms with E-state index in [1.807, 2.05) is 30.6 Å². The molecule has 2 rings (SSSR count). The molecule has 1 N–H and O–H groups in total. The van der Waals surface area contributed by atoms with Gasteiger partial charge in [0.05, 0.1) is 0 Å². The van der Waals surface area contributed by atoms with Crippen molar-refractivity contribution in [3.63, 3.8) is 0 Å². The summed E-state index contributed by atoms with van der Waals surface area (Å²) in [5, 5.41) is 3.49. The van der Waals surface area contributed by atoms with Gasteiger partial charge in [0.25, 0.3) is 0 Å². The molecule has 0 bridgehead atoms. The highest BCUT2D eigenvalue weighted by molar-refractivity contribution is 9.10. The normalized spacial score (nSPS) is 12.4. The van der Waals surface area contributed by atoms with Crippen LogP contribution in [-0.4, -0.2) is 4.98 Å². The van der Waals surface area contributed by atoms with Crippen LogP contribution >= 0.6 is 15.9 Å². The van der Waals surface area contributed by atoms with Crippen molar-refractivity contribution in [3.8, 4) is 0 Å². The monoisotopic (exact) mass is 290 g/mol. The van der Waals surface area contributed by atoms with Crippen LogP contribution in [0, 0.1) is 0 Å². The Bertz CT molecular complexity index is 471. The lowest BCUT2D eigenvalue weighted by Crippen LogP contribution is -2.17. The van der Waals surface area contributed by atoms with E-state index in [4.69, 9.17) is 0 Å². The lowest BCUT2D eigenvalue weighted by molar-refractivity contribution is 0.574. The maximum atomic E-state index is 4.02. The van der Waals surface area contributed by atoms with Gasteiger partial charge in [-0.05, 0) is 42.3 Å². The molecule has 2 nitrogen and oxygen atoms in total. The van der Waals surface area contributed by atoms with Crippen molar-refractivity contribution < 1.29 is 0 Å². The average molecular weight is 291 g/mol. The minimum atomic E-state index is 0.331. The fourth-order valence-electron chi connectivity index (χ4n) is 1.69. The summed E-state index contributed by atoms with van der Waals surface area (Å²) in [4.78, 5) is 4.02. The molecule has 1 aromatic heterocycles. The van der Waals surface area contributed by atoms with Crippen molar-refractivity contribution in [3.05, 3.63) is 64.4 Å². The molecule has 0 aliphatic rings. The summed E-state index contributed by atoms with van der Waals surface area (Å²) in [6.07, 6.45) is 3.65. The first-order valence-electron chi connectivity index (χ1n) is 5.63. The summed E-state index contributed by atoms with van der Waals surface area (Å²) >= 11 is 3.48. The summed E-state index contributed by atoms with van der Waals surface area (Å²) < 4.78 is 1.12. The maximum absolute atomic E-state index is 4.02. The van der Waals surface area contributed by atoms with Crippen molar-refractivity contribution in [1.29, 1.82) is 0 Å². The number of aromatic nitrogens is 1. The second kappa shape index (κ2) is 5.94. The number of nitrogens with zero attached hydrogens (tertiary/aromatic N) is 1. The zero-order valence-electron chi connectivity index (χ0n) is 9.73. The van der Waals surface area contributed by atoms with Gasteiger partial charge in [0.15, 0.2) is 0 Å². The number of hydrogen-bond acceptors (Lipinski definition) is 2. The van der Waals surface area contributed by atoms with Gasteiger partial charge < -0.3 is 5.32 Å². The Hall–Kier alpha value is -1.19. The van der Waals surface area contributed by atoms with E-state index in [2.05, 4.69) is 51.4 Å². The molecule has 1 heterocycles. The Kier molecular flexibility index (Phi) is 4.29. The molecule has 0 saturated carbocycles. The van der Waals surface area contributed by atoms with Crippen molar-refractivity contribution in [2.75, 3.05) is 0 Å². The SMILES string of the molecule is C[C@H](NCc1cccc(Br)c1)c1ccncc1. The third-order valence-electron chi connectivity index (χ3n) is 2.71. The van der Waals surface area contributed by atoms with Gasteiger partial charge in [-0.25, -0.2) is 0 Å². The Morgan fingerprint density at radius 1 is 1.24 bits per heavy atom. The molecule has 3 heteroatoms. The van der Waals surface area contributed by atoms with E-state index in [0.29, 0.717) is 6.04 Å². The highest BCUT2D eigenvalue weighted by Gasteiger charge is 2.03. The van der Waals surface area contributed by atoms with Gasteiger partial charge in [0.1, 0.15) is 0 Å². The molecule has 2 aromatic rings. The van der Waals surface area contributed by atoms with Gasteiger partial charge in [-0.15, -0.1) is 0 Å². The van der Waals surface area contributed by atoms with Gasteiger partial charge in [0.2, 0.25) is 0 Å². The van der Waals surface area contributed by atoms with E-state index >= 15 is 0 Å². The molecule has 1 aromatic carbocycles. The van der Waals surface area contributed by atoms with E-state index in [-0.39, 0.29) is 0 Å². The predicted molar refractivity (Wildman–Crippen MR) is 73.6 cm³/mol. The fourth-order valence-corrected chi connectivity index (χ4v) is 2.13. The van der Waals surface area contributed by atoms with Crippen molar-refractivity contribution in [2.24, 2.45) is 0 Å². The predicted octanol–water partition coefficient (Wildman–Crippen LogP) is 3.69. The first kappa shape index (κ1) is 12.3. The third-order valence-corrected chi connectivity index (χ3v) is 3.20. The topological polar surface area (TPSA) is 24.9 Å². The molecule has 0 saturated heterocycles. The van der Waals surface area contributed by atoms with Crippen molar-refractivity contribution in [2.45, 2.75) is 19.5 Å². The molecule has 0 aliphatic heterocycles. The minimum Gasteiger partial charge on any atom is -0.306 e. The lowest BCUT2D eigenvalue weighted by Gasteiger charge is -2.14. The minimum absolute atomic E-state index is 0.331. The summed E-state index contributed by atoms with van der Waals surface area (Å²) in [6.45, 7) is 3.02. The molecule has 0 fully saturated rings. The van der Waals surface area contributed by atoms with E-state index in [1.165, 1.54) is 11.1 Å². The van der Waals surface area contributed by atoms with E-state index in [9.17, 15) is 0 Å². The number of benzene rings is 1. The molecule has 17 heavy (non-hydrogen) atoms. The van der Waals surface area contributed by atoms with Crippen LogP contribution in [0.5, 0.6) is 0 Å². The first-order chi connectivity index (χ1) is 8.25. The number of halogens is 1. The first-order valence-corrected chi connectivity index (χ1v) is 6.43. The molecule has 0 amide bonds. The van der Waals surface area contributed by atoms with Crippen molar-refractivity contribution >= 4 is 15.9 Å². The highest BCUT2D eigenvalue weighted by atomic mass is 79.9. The number of pyridine rings is 1. The highest BCUT2D eigenvalue weighted by Crippen LogP contribution is 2.14. The Balaban J connectivity index is 1.95. The van der Waals surface area contributed by atoms with Gasteiger partial charge in [0, 0.05) is 29.5 Å². The maximum Gasteiger partial charge on any atom is 0.0296 e. The Morgan fingerprint density at radius 2 is 2.00 bits per heavy atom. The Morgan fingerprint density at radius 3 is 2.71 bits per heavy atom. The van der Waals surface area contributed by atoms with Crippen LogP contribution in [0.3, 0.4) is 0 Å². The number of rotatable bonds is 4. The van der Waals surface area contributed by atoms with Crippen LogP contribution in [0.4, 0.5) is 0 Å². The van der Waals surface area contributed by atoms with Crippen LogP contribution in [0.25, 0.3) is 0 Å². The number of hydrogen-bond donors (Lipinski definition) is 1. The van der Waals surface area contributed by atoms with Crippen LogP contribution in [0.1, 0.15) is 24.1 Å². The van der Waals surface area contributed by atoms with E-state index in [0.717, 1.165) is 11.0 Å². The molecular formula is C14H15BrN2. The zero-order valence-corrected chi connectivity index (χ0v) is 11.3. The number of nitrogens with one attached hydrogen (secondary N) is 1. The molecule has 0 spiro atoms. The smallest absolute Gasteiger partial charge is 0.0296 e. The quantitative estimate of drug-likeness (QED) is 0.929. The standard InChI is InChI=1S/C14H15BrN2/c1-11(13-5-7-16-8-6-13)17-10-12-3-2-4-14(15)9-12/h2-9,11,17H,10H2,1H3/t11-/m0/s1. The summed E-state index contributed by atoms with van der Waals surface area (Å²) in [7, 11) is 0. The second-order valence-electron chi connectivity index (χ2n) is 4.01. The van der Waals surface area contributed by atoms with Gasteiger partial charge >= 0.3 is 0 Å². The van der Waals surface area contributed by atoms with Crippen LogP contribution < -0.4 is 5.32 Å². The van der Waals surface area contributed by atoms with Gasteiger partial charge in [-0.3, -0.25) is 4.98 Å². The fraction of sp³-hybridized carbons (Fsp3) is 0.214. The molecule has 1 atom stereocenters. The zero-order chi connectivity index (χ0) is 12.1. The summed E-state index contributed by atoms with van der Waals surface area (Å²) in [5.41, 5.74) is 2.54. The molecule has 0 unspecified atom stereocenters. The van der Waals surface area contributed by atoms with Crippen LogP contribution in [0.2, 0.25) is 0 Å². The van der Waals surface area contributed by atoms with E-state index < -0.39 is 0 Å². The molecular weight excluding hydrogens is 276 g/mol. The summed E-state index contributed by atoms with van der Waals surface area (Å²) in [6, 6.07) is 12.8. The molecule has 0 aliphatic carbocycles. The summed E-state index contributed by atoms with van der Waals surface area (Å²) in [5.74, 6) is 0. The van der Waals surface area contributed by atoms with Gasteiger partial charge in [-0.1, -0.05) is 28.1 Å². The Labute approximate surface area is 110 Å².